The van der Waals surface area contributed by atoms with Crippen LogP contribution in [0.2, 0.25) is 0 Å². The van der Waals surface area contributed by atoms with Gasteiger partial charge in [0.15, 0.2) is 17.5 Å². The summed E-state index contributed by atoms with van der Waals surface area (Å²) in [7, 11) is 0. The van der Waals surface area contributed by atoms with Crippen molar-refractivity contribution in [2.24, 2.45) is 0 Å². The van der Waals surface area contributed by atoms with Gasteiger partial charge < -0.3 is 15.0 Å². The van der Waals surface area contributed by atoms with E-state index in [2.05, 4.69) is 10.3 Å². The zero-order valence-electron chi connectivity index (χ0n) is 16.4. The monoisotopic (exact) mass is 424 g/mol. The second kappa shape index (κ2) is 8.95. The highest BCUT2D eigenvalue weighted by molar-refractivity contribution is 5.94. The van der Waals surface area contributed by atoms with Gasteiger partial charge in [0.05, 0.1) is 5.56 Å². The van der Waals surface area contributed by atoms with Gasteiger partial charge in [-0.25, -0.2) is 13.2 Å². The van der Waals surface area contributed by atoms with Crippen molar-refractivity contribution in [1.29, 1.82) is 0 Å². The zero-order valence-corrected chi connectivity index (χ0v) is 16.4. The second-order valence-corrected chi connectivity index (χ2v) is 7.02. The minimum absolute atomic E-state index is 0.205. The number of hydrogen-bond acceptors (Lipinski definition) is 2. The molecule has 0 aliphatic carbocycles. The van der Waals surface area contributed by atoms with E-state index in [1.807, 2.05) is 54.7 Å². The van der Waals surface area contributed by atoms with E-state index in [0.29, 0.717) is 13.0 Å². The van der Waals surface area contributed by atoms with Crippen molar-refractivity contribution >= 4 is 16.8 Å². The molecule has 0 unspecified atom stereocenters. The number of aromatic nitrogens is 1. The quantitative estimate of drug-likeness (QED) is 0.404. The zero-order chi connectivity index (χ0) is 21.8. The van der Waals surface area contributed by atoms with Crippen LogP contribution in [-0.4, -0.2) is 17.4 Å². The summed E-state index contributed by atoms with van der Waals surface area (Å²) in [6, 6.07) is 17.2. The van der Waals surface area contributed by atoms with E-state index in [1.54, 1.807) is 0 Å². The Morgan fingerprint density at radius 1 is 0.968 bits per heavy atom. The highest BCUT2D eigenvalue weighted by Gasteiger charge is 2.18. The minimum Gasteiger partial charge on any atom is -0.489 e. The fourth-order valence-corrected chi connectivity index (χ4v) is 3.31. The Labute approximate surface area is 176 Å². The van der Waals surface area contributed by atoms with Crippen LogP contribution in [0.1, 0.15) is 21.5 Å². The van der Waals surface area contributed by atoms with Crippen LogP contribution in [0.5, 0.6) is 5.75 Å². The molecule has 1 aromatic heterocycles. The van der Waals surface area contributed by atoms with Crippen LogP contribution in [0.15, 0.2) is 66.9 Å². The van der Waals surface area contributed by atoms with E-state index in [9.17, 15) is 18.0 Å². The molecule has 4 aromatic rings. The van der Waals surface area contributed by atoms with Crippen molar-refractivity contribution < 1.29 is 22.7 Å². The maximum Gasteiger partial charge on any atom is 0.254 e. The topological polar surface area (TPSA) is 54.1 Å². The van der Waals surface area contributed by atoms with Gasteiger partial charge in [-0.15, -0.1) is 0 Å². The van der Waals surface area contributed by atoms with Crippen LogP contribution in [0.25, 0.3) is 10.9 Å². The first kappa shape index (κ1) is 20.5. The fourth-order valence-electron chi connectivity index (χ4n) is 3.31. The molecule has 0 fully saturated rings. The molecule has 31 heavy (non-hydrogen) atoms. The summed E-state index contributed by atoms with van der Waals surface area (Å²) in [4.78, 5) is 15.3. The van der Waals surface area contributed by atoms with Crippen molar-refractivity contribution in [3.05, 3.63) is 101 Å². The van der Waals surface area contributed by atoms with Gasteiger partial charge in [-0.3, -0.25) is 4.79 Å². The van der Waals surface area contributed by atoms with E-state index in [4.69, 9.17) is 4.74 Å². The Hall–Kier alpha value is -3.74. The molecule has 3 aromatic carbocycles. The highest BCUT2D eigenvalue weighted by Crippen LogP contribution is 2.24. The molecular weight excluding hydrogens is 405 g/mol. The average Bonchev–Trinajstić information content (AvgIpc) is 3.19. The summed E-state index contributed by atoms with van der Waals surface area (Å²) in [5.41, 5.74) is 2.38. The van der Waals surface area contributed by atoms with Crippen LogP contribution in [0, 0.1) is 17.5 Å². The molecule has 4 rings (SSSR count). The molecule has 0 saturated heterocycles. The number of rotatable bonds is 7. The molecule has 4 nitrogen and oxygen atoms in total. The molecule has 0 radical (unpaired) electrons. The van der Waals surface area contributed by atoms with Crippen LogP contribution < -0.4 is 10.1 Å². The Balaban J connectivity index is 1.37. The molecule has 7 heteroatoms. The predicted octanol–water partition coefficient (Wildman–Crippen LogP) is 5.14. The number of aromatic amines is 1. The smallest absolute Gasteiger partial charge is 0.254 e. The number of carbonyl (C=O) groups excluding carboxylic acids is 1. The number of hydrogen-bond donors (Lipinski definition) is 2. The first-order chi connectivity index (χ1) is 15.0. The van der Waals surface area contributed by atoms with Gasteiger partial charge in [-0.05, 0) is 41.8 Å². The Morgan fingerprint density at radius 3 is 2.58 bits per heavy atom. The van der Waals surface area contributed by atoms with Crippen LogP contribution in [-0.2, 0) is 13.0 Å². The van der Waals surface area contributed by atoms with E-state index in [0.717, 1.165) is 39.9 Å². The van der Waals surface area contributed by atoms with Gasteiger partial charge in [-0.1, -0.05) is 30.3 Å². The number of H-pyrrole nitrogens is 1. The average molecular weight is 424 g/mol. The van der Waals surface area contributed by atoms with E-state index in [-0.39, 0.29) is 6.54 Å². The third-order valence-corrected chi connectivity index (χ3v) is 4.95. The number of nitrogens with one attached hydrogen (secondary N) is 2. The SMILES string of the molecule is O=C(NCCc1c[nH]c2cc(OCc3ccccc3)ccc12)c1ccc(F)c(F)c1F. The van der Waals surface area contributed by atoms with Crippen molar-refractivity contribution in [2.45, 2.75) is 13.0 Å². The third kappa shape index (κ3) is 4.55. The van der Waals surface area contributed by atoms with Crippen LogP contribution in [0.4, 0.5) is 13.2 Å². The lowest BCUT2D eigenvalue weighted by Gasteiger charge is -2.08. The molecule has 2 N–H and O–H groups in total. The summed E-state index contributed by atoms with van der Waals surface area (Å²) in [5, 5.41) is 3.51. The summed E-state index contributed by atoms with van der Waals surface area (Å²) in [6.07, 6.45) is 2.30. The van der Waals surface area contributed by atoms with Crippen molar-refractivity contribution in [2.75, 3.05) is 6.54 Å². The second-order valence-electron chi connectivity index (χ2n) is 7.02. The third-order valence-electron chi connectivity index (χ3n) is 4.95. The number of ether oxygens (including phenoxy) is 1. The molecule has 0 aliphatic rings. The lowest BCUT2D eigenvalue weighted by Crippen LogP contribution is -2.27. The normalized spacial score (nSPS) is 10.9. The standard InChI is InChI=1S/C24H19F3N2O2/c25-20-9-8-19(22(26)23(20)27)24(30)28-11-10-16-13-29-21-12-17(6-7-18(16)21)31-14-15-4-2-1-3-5-15/h1-9,12-13,29H,10-11,14H2,(H,28,30). The molecule has 0 atom stereocenters. The molecule has 0 aliphatic heterocycles. The Kier molecular flexibility index (Phi) is 5.93. The maximum atomic E-state index is 13.7. The molecule has 0 bridgehead atoms. The van der Waals surface area contributed by atoms with Crippen molar-refractivity contribution in [3.8, 4) is 5.75 Å². The number of benzene rings is 3. The summed E-state index contributed by atoms with van der Waals surface area (Å²) in [5.74, 6) is -4.55. The highest BCUT2D eigenvalue weighted by atomic mass is 19.2. The van der Waals surface area contributed by atoms with E-state index < -0.39 is 28.9 Å². The molecule has 1 amide bonds. The number of fused-ring (bicyclic) bond motifs is 1. The van der Waals surface area contributed by atoms with Crippen LogP contribution in [0.3, 0.4) is 0 Å². The van der Waals surface area contributed by atoms with Gasteiger partial charge in [0.1, 0.15) is 12.4 Å². The van der Waals surface area contributed by atoms with E-state index in [1.165, 1.54) is 0 Å². The molecule has 158 valence electrons. The molecule has 0 saturated carbocycles. The number of halogens is 3. The molecule has 0 spiro atoms. The first-order valence-electron chi connectivity index (χ1n) is 9.71. The van der Waals surface area contributed by atoms with Gasteiger partial charge in [0.25, 0.3) is 5.91 Å². The number of carbonyl (C=O) groups is 1. The lowest BCUT2D eigenvalue weighted by molar-refractivity contribution is 0.0949. The van der Waals surface area contributed by atoms with Crippen molar-refractivity contribution in [3.63, 3.8) is 0 Å². The largest absolute Gasteiger partial charge is 0.489 e. The minimum atomic E-state index is -1.66. The van der Waals surface area contributed by atoms with Crippen molar-refractivity contribution in [1.82, 2.24) is 10.3 Å². The lowest BCUT2D eigenvalue weighted by atomic mass is 10.1. The first-order valence-corrected chi connectivity index (χ1v) is 9.71. The predicted molar refractivity (Wildman–Crippen MR) is 111 cm³/mol. The Bertz CT molecular complexity index is 1220. The van der Waals surface area contributed by atoms with Gasteiger partial charge in [0.2, 0.25) is 0 Å². The van der Waals surface area contributed by atoms with Gasteiger partial charge in [0, 0.05) is 29.7 Å². The molecular formula is C24H19F3N2O2. The van der Waals surface area contributed by atoms with Gasteiger partial charge >= 0.3 is 0 Å². The Morgan fingerprint density at radius 2 is 1.77 bits per heavy atom. The van der Waals surface area contributed by atoms with Crippen LogP contribution >= 0.6 is 0 Å². The van der Waals surface area contributed by atoms with Gasteiger partial charge in [-0.2, -0.15) is 0 Å². The maximum absolute atomic E-state index is 13.7. The molecule has 1 heterocycles. The number of amides is 1. The summed E-state index contributed by atoms with van der Waals surface area (Å²) in [6.45, 7) is 0.670. The summed E-state index contributed by atoms with van der Waals surface area (Å²) < 4.78 is 45.9. The van der Waals surface area contributed by atoms with E-state index >= 15 is 0 Å². The fraction of sp³-hybridized carbons (Fsp3) is 0.125. The summed E-state index contributed by atoms with van der Waals surface area (Å²) >= 11 is 0.